The monoisotopic (exact) mass is 207 g/mol. The van der Waals surface area contributed by atoms with Crippen molar-refractivity contribution in [3.63, 3.8) is 0 Å². The van der Waals surface area contributed by atoms with E-state index in [2.05, 4.69) is 11.9 Å². The van der Waals surface area contributed by atoms with Crippen LogP contribution in [0.15, 0.2) is 30.3 Å². The lowest BCUT2D eigenvalue weighted by atomic mass is 10.3. The van der Waals surface area contributed by atoms with Crippen molar-refractivity contribution < 1.29 is 9.47 Å². The average molecular weight is 207 g/mol. The van der Waals surface area contributed by atoms with Crippen molar-refractivity contribution in [1.82, 2.24) is 4.90 Å². The second kappa shape index (κ2) is 5.14. The Morgan fingerprint density at radius 1 is 1.40 bits per heavy atom. The van der Waals surface area contributed by atoms with Crippen molar-refractivity contribution >= 4 is 0 Å². The molecule has 1 fully saturated rings. The summed E-state index contributed by atoms with van der Waals surface area (Å²) < 4.78 is 11.2. The number of morpholine rings is 1. The van der Waals surface area contributed by atoms with E-state index in [9.17, 15) is 0 Å². The van der Waals surface area contributed by atoms with Crippen molar-refractivity contribution in [2.24, 2.45) is 0 Å². The van der Waals surface area contributed by atoms with E-state index >= 15 is 0 Å². The van der Waals surface area contributed by atoms with Crippen LogP contribution < -0.4 is 4.74 Å². The SMILES string of the molecule is CN1CCOC(COc2ccccc2)C1. The highest BCUT2D eigenvalue weighted by Gasteiger charge is 2.17. The number of nitrogens with zero attached hydrogens (tertiary/aromatic N) is 1. The Hall–Kier alpha value is -1.06. The fraction of sp³-hybridized carbons (Fsp3) is 0.500. The third-order valence-corrected chi connectivity index (χ3v) is 2.52. The summed E-state index contributed by atoms with van der Waals surface area (Å²) in [5.41, 5.74) is 0. The zero-order valence-corrected chi connectivity index (χ0v) is 9.06. The Kier molecular flexibility index (Phi) is 3.59. The highest BCUT2D eigenvalue weighted by atomic mass is 16.5. The van der Waals surface area contributed by atoms with Crippen LogP contribution in [-0.2, 0) is 4.74 Å². The lowest BCUT2D eigenvalue weighted by Crippen LogP contribution is -2.42. The molecule has 0 amide bonds. The standard InChI is InChI=1S/C12H17NO2/c1-13-7-8-14-12(9-13)10-15-11-5-3-2-4-6-11/h2-6,12H,7-10H2,1H3. The summed E-state index contributed by atoms with van der Waals surface area (Å²) in [4.78, 5) is 2.27. The summed E-state index contributed by atoms with van der Waals surface area (Å²) in [5.74, 6) is 0.911. The van der Waals surface area contributed by atoms with Gasteiger partial charge in [0.1, 0.15) is 18.5 Å². The minimum atomic E-state index is 0.198. The van der Waals surface area contributed by atoms with Crippen LogP contribution in [0.1, 0.15) is 0 Å². The molecule has 0 N–H and O–H groups in total. The van der Waals surface area contributed by atoms with Gasteiger partial charge < -0.3 is 14.4 Å². The first-order chi connectivity index (χ1) is 7.34. The molecule has 1 aliphatic rings. The number of rotatable bonds is 3. The Morgan fingerprint density at radius 2 is 2.20 bits per heavy atom. The molecule has 3 nitrogen and oxygen atoms in total. The number of hydrogen-bond acceptors (Lipinski definition) is 3. The van der Waals surface area contributed by atoms with Gasteiger partial charge in [-0.15, -0.1) is 0 Å². The molecule has 0 saturated carbocycles. The third-order valence-electron chi connectivity index (χ3n) is 2.52. The van der Waals surface area contributed by atoms with Crippen LogP contribution in [0.3, 0.4) is 0 Å². The fourth-order valence-electron chi connectivity index (χ4n) is 1.67. The van der Waals surface area contributed by atoms with Crippen LogP contribution in [-0.4, -0.2) is 44.4 Å². The van der Waals surface area contributed by atoms with Gasteiger partial charge in [-0.25, -0.2) is 0 Å². The molecule has 15 heavy (non-hydrogen) atoms. The molecule has 1 atom stereocenters. The first kappa shape index (κ1) is 10.5. The van der Waals surface area contributed by atoms with Crippen LogP contribution in [0.25, 0.3) is 0 Å². The molecule has 0 aliphatic carbocycles. The van der Waals surface area contributed by atoms with Gasteiger partial charge in [-0.05, 0) is 19.2 Å². The van der Waals surface area contributed by atoms with E-state index in [4.69, 9.17) is 9.47 Å². The fourth-order valence-corrected chi connectivity index (χ4v) is 1.67. The lowest BCUT2D eigenvalue weighted by Gasteiger charge is -2.29. The first-order valence-corrected chi connectivity index (χ1v) is 5.32. The van der Waals surface area contributed by atoms with Crippen molar-refractivity contribution in [2.75, 3.05) is 33.4 Å². The third kappa shape index (κ3) is 3.22. The lowest BCUT2D eigenvalue weighted by molar-refractivity contribution is -0.0403. The quantitative estimate of drug-likeness (QED) is 0.747. The number of likely N-dealkylation sites (N-methyl/N-ethyl adjacent to an activating group) is 1. The van der Waals surface area contributed by atoms with Crippen LogP contribution in [0, 0.1) is 0 Å². The van der Waals surface area contributed by atoms with Crippen molar-refractivity contribution in [3.05, 3.63) is 30.3 Å². The predicted molar refractivity (Wildman–Crippen MR) is 59.2 cm³/mol. The van der Waals surface area contributed by atoms with Gasteiger partial charge in [-0.1, -0.05) is 18.2 Å². The van der Waals surface area contributed by atoms with Crippen molar-refractivity contribution in [1.29, 1.82) is 0 Å². The van der Waals surface area contributed by atoms with Gasteiger partial charge in [0.2, 0.25) is 0 Å². The van der Waals surface area contributed by atoms with Crippen LogP contribution in [0.4, 0.5) is 0 Å². The first-order valence-electron chi connectivity index (χ1n) is 5.32. The summed E-state index contributed by atoms with van der Waals surface area (Å²) in [5, 5.41) is 0. The summed E-state index contributed by atoms with van der Waals surface area (Å²) in [6, 6.07) is 9.86. The van der Waals surface area contributed by atoms with E-state index < -0.39 is 0 Å². The summed E-state index contributed by atoms with van der Waals surface area (Å²) >= 11 is 0. The zero-order chi connectivity index (χ0) is 10.5. The predicted octanol–water partition coefficient (Wildman–Crippen LogP) is 1.40. The molecular formula is C12H17NO2. The Balaban J connectivity index is 1.78. The van der Waals surface area contributed by atoms with Crippen LogP contribution >= 0.6 is 0 Å². The van der Waals surface area contributed by atoms with E-state index in [1.54, 1.807) is 0 Å². The molecule has 82 valence electrons. The highest BCUT2D eigenvalue weighted by molar-refractivity contribution is 5.20. The molecular weight excluding hydrogens is 190 g/mol. The maximum absolute atomic E-state index is 5.64. The molecule has 2 rings (SSSR count). The minimum Gasteiger partial charge on any atom is -0.491 e. The van der Waals surface area contributed by atoms with Gasteiger partial charge in [-0.3, -0.25) is 0 Å². The molecule has 1 aromatic rings. The van der Waals surface area contributed by atoms with Gasteiger partial charge >= 0.3 is 0 Å². The smallest absolute Gasteiger partial charge is 0.119 e. The molecule has 1 aromatic carbocycles. The number of hydrogen-bond donors (Lipinski definition) is 0. The molecule has 1 unspecified atom stereocenters. The van der Waals surface area contributed by atoms with Gasteiger partial charge in [0.15, 0.2) is 0 Å². The van der Waals surface area contributed by atoms with Gasteiger partial charge in [0.25, 0.3) is 0 Å². The van der Waals surface area contributed by atoms with E-state index in [-0.39, 0.29) is 6.10 Å². The summed E-state index contributed by atoms with van der Waals surface area (Å²) in [7, 11) is 2.11. The molecule has 0 spiro atoms. The second-order valence-corrected chi connectivity index (χ2v) is 3.88. The number of ether oxygens (including phenoxy) is 2. The average Bonchev–Trinajstić information content (AvgIpc) is 2.28. The van der Waals surface area contributed by atoms with E-state index in [0.29, 0.717) is 6.61 Å². The zero-order valence-electron chi connectivity index (χ0n) is 9.06. The van der Waals surface area contributed by atoms with Crippen molar-refractivity contribution in [3.8, 4) is 5.75 Å². The molecule has 3 heteroatoms. The van der Waals surface area contributed by atoms with E-state index in [1.165, 1.54) is 0 Å². The summed E-state index contributed by atoms with van der Waals surface area (Å²) in [6.45, 7) is 3.41. The molecule has 1 saturated heterocycles. The topological polar surface area (TPSA) is 21.7 Å². The molecule has 1 aliphatic heterocycles. The normalized spacial score (nSPS) is 22.6. The second-order valence-electron chi connectivity index (χ2n) is 3.88. The molecule has 0 bridgehead atoms. The van der Waals surface area contributed by atoms with Gasteiger partial charge in [-0.2, -0.15) is 0 Å². The minimum absolute atomic E-state index is 0.198. The van der Waals surface area contributed by atoms with E-state index in [0.717, 1.165) is 25.4 Å². The Morgan fingerprint density at radius 3 is 2.93 bits per heavy atom. The molecule has 1 heterocycles. The maximum Gasteiger partial charge on any atom is 0.119 e. The Bertz CT molecular complexity index is 289. The number of benzene rings is 1. The Labute approximate surface area is 90.6 Å². The maximum atomic E-state index is 5.64. The largest absolute Gasteiger partial charge is 0.491 e. The van der Waals surface area contributed by atoms with Gasteiger partial charge in [0.05, 0.1) is 6.61 Å². The molecule has 0 aromatic heterocycles. The number of para-hydroxylation sites is 1. The summed E-state index contributed by atoms with van der Waals surface area (Å²) in [6.07, 6.45) is 0.198. The highest BCUT2D eigenvalue weighted by Crippen LogP contribution is 2.10. The van der Waals surface area contributed by atoms with E-state index in [1.807, 2.05) is 30.3 Å². The van der Waals surface area contributed by atoms with Crippen LogP contribution in [0.2, 0.25) is 0 Å². The van der Waals surface area contributed by atoms with Gasteiger partial charge in [0, 0.05) is 13.1 Å². The van der Waals surface area contributed by atoms with Crippen molar-refractivity contribution in [2.45, 2.75) is 6.10 Å². The molecule has 0 radical (unpaired) electrons. The van der Waals surface area contributed by atoms with Crippen LogP contribution in [0.5, 0.6) is 5.75 Å².